The summed E-state index contributed by atoms with van der Waals surface area (Å²) in [5.41, 5.74) is 2.61. The van der Waals surface area contributed by atoms with E-state index in [2.05, 4.69) is 67.7 Å². The molecule has 0 bridgehead atoms. The zero-order chi connectivity index (χ0) is 21.4. The van der Waals surface area contributed by atoms with Crippen molar-refractivity contribution in [2.75, 3.05) is 19.7 Å². The van der Waals surface area contributed by atoms with E-state index in [1.807, 2.05) is 23.1 Å². The average Bonchev–Trinajstić information content (AvgIpc) is 3.24. The summed E-state index contributed by atoms with van der Waals surface area (Å²) in [5.74, 6) is 1.36. The SMILES string of the molecule is CCNC(=NCc1ccccc1Cn1cccn1)NCC1CCCOC1C(C)(C)C.I. The summed E-state index contributed by atoms with van der Waals surface area (Å²) in [6, 6.07) is 10.4. The fourth-order valence-corrected chi connectivity index (χ4v) is 4.18. The lowest BCUT2D eigenvalue weighted by Gasteiger charge is -2.40. The topological polar surface area (TPSA) is 63.5 Å². The van der Waals surface area contributed by atoms with Gasteiger partial charge in [-0.15, -0.1) is 24.0 Å². The molecule has 2 N–H and O–H groups in total. The predicted molar refractivity (Wildman–Crippen MR) is 138 cm³/mol. The van der Waals surface area contributed by atoms with Crippen LogP contribution in [0.1, 0.15) is 51.7 Å². The maximum absolute atomic E-state index is 6.13. The molecule has 1 aromatic carbocycles. The lowest BCUT2D eigenvalue weighted by Crippen LogP contribution is -2.47. The van der Waals surface area contributed by atoms with Crippen molar-refractivity contribution in [3.05, 3.63) is 53.9 Å². The van der Waals surface area contributed by atoms with Crippen LogP contribution < -0.4 is 10.6 Å². The fourth-order valence-electron chi connectivity index (χ4n) is 4.18. The molecule has 2 atom stereocenters. The van der Waals surface area contributed by atoms with E-state index in [9.17, 15) is 0 Å². The van der Waals surface area contributed by atoms with Crippen LogP contribution in [0.3, 0.4) is 0 Å². The first-order chi connectivity index (χ1) is 14.5. The zero-order valence-electron chi connectivity index (χ0n) is 19.3. The molecule has 2 aromatic rings. The average molecular weight is 540 g/mol. The van der Waals surface area contributed by atoms with Crippen LogP contribution in [0.25, 0.3) is 0 Å². The molecule has 7 heteroatoms. The van der Waals surface area contributed by atoms with E-state index < -0.39 is 0 Å². The number of guanidine groups is 1. The minimum Gasteiger partial charge on any atom is -0.377 e. The summed E-state index contributed by atoms with van der Waals surface area (Å²) in [7, 11) is 0. The highest BCUT2D eigenvalue weighted by Crippen LogP contribution is 2.33. The molecule has 0 aliphatic carbocycles. The van der Waals surface area contributed by atoms with Crippen molar-refractivity contribution in [3.8, 4) is 0 Å². The molecular formula is C24H38IN5O. The van der Waals surface area contributed by atoms with E-state index in [1.165, 1.54) is 17.5 Å². The smallest absolute Gasteiger partial charge is 0.191 e. The minimum atomic E-state index is 0. The monoisotopic (exact) mass is 539 g/mol. The minimum absolute atomic E-state index is 0. The Labute approximate surface area is 204 Å². The molecule has 0 spiro atoms. The van der Waals surface area contributed by atoms with Crippen molar-refractivity contribution in [3.63, 3.8) is 0 Å². The Morgan fingerprint density at radius 3 is 2.65 bits per heavy atom. The first-order valence-corrected chi connectivity index (χ1v) is 11.2. The van der Waals surface area contributed by atoms with Gasteiger partial charge in [-0.05, 0) is 42.4 Å². The van der Waals surface area contributed by atoms with Gasteiger partial charge in [0, 0.05) is 38.0 Å². The third-order valence-corrected chi connectivity index (χ3v) is 5.59. The molecule has 0 radical (unpaired) electrons. The molecule has 31 heavy (non-hydrogen) atoms. The molecule has 1 aliphatic heterocycles. The van der Waals surface area contributed by atoms with Crippen molar-refractivity contribution in [2.24, 2.45) is 16.3 Å². The molecule has 2 heterocycles. The fraction of sp³-hybridized carbons (Fsp3) is 0.583. The number of nitrogens with zero attached hydrogens (tertiary/aromatic N) is 3. The van der Waals surface area contributed by atoms with Crippen molar-refractivity contribution in [1.29, 1.82) is 0 Å². The lowest BCUT2D eigenvalue weighted by atomic mass is 9.78. The summed E-state index contributed by atoms with van der Waals surface area (Å²) in [4.78, 5) is 4.87. The molecule has 1 saturated heterocycles. The Balaban J connectivity index is 0.00000341. The molecule has 1 aliphatic rings. The van der Waals surface area contributed by atoms with Gasteiger partial charge in [0.2, 0.25) is 0 Å². The molecule has 172 valence electrons. The number of hydrogen-bond acceptors (Lipinski definition) is 3. The maximum Gasteiger partial charge on any atom is 0.191 e. The summed E-state index contributed by atoms with van der Waals surface area (Å²) in [5, 5.41) is 11.3. The molecule has 2 unspecified atom stereocenters. The van der Waals surface area contributed by atoms with Crippen molar-refractivity contribution in [1.82, 2.24) is 20.4 Å². The van der Waals surface area contributed by atoms with Gasteiger partial charge in [0.1, 0.15) is 0 Å². The number of rotatable bonds is 7. The Hall–Kier alpha value is -1.61. The van der Waals surface area contributed by atoms with Crippen LogP contribution in [-0.2, 0) is 17.8 Å². The number of benzene rings is 1. The van der Waals surface area contributed by atoms with Crippen molar-refractivity contribution in [2.45, 2.75) is 59.7 Å². The summed E-state index contributed by atoms with van der Waals surface area (Å²) in [6.45, 7) is 12.9. The Morgan fingerprint density at radius 1 is 1.19 bits per heavy atom. The third kappa shape index (κ3) is 7.79. The van der Waals surface area contributed by atoms with Crippen LogP contribution in [0.15, 0.2) is 47.7 Å². The summed E-state index contributed by atoms with van der Waals surface area (Å²) < 4.78 is 8.08. The standard InChI is InChI=1S/C24H37N5O.HI/c1-5-25-23(27-17-20-12-8-15-30-22(20)24(2,3)4)26-16-19-10-6-7-11-21(19)18-29-14-9-13-28-29;/h6-7,9-11,13-14,20,22H,5,8,12,15-18H2,1-4H3,(H2,25,26,27);1H. The van der Waals surface area contributed by atoms with Gasteiger partial charge < -0.3 is 15.4 Å². The molecule has 0 amide bonds. The van der Waals surface area contributed by atoms with Gasteiger partial charge in [0.25, 0.3) is 0 Å². The van der Waals surface area contributed by atoms with Gasteiger partial charge in [0.15, 0.2) is 5.96 Å². The number of aromatic nitrogens is 2. The normalized spacial score (nSPS) is 19.5. The van der Waals surface area contributed by atoms with Crippen LogP contribution in [-0.4, -0.2) is 41.5 Å². The second-order valence-corrected chi connectivity index (χ2v) is 9.11. The highest BCUT2D eigenvalue weighted by Gasteiger charge is 2.35. The van der Waals surface area contributed by atoms with Crippen molar-refractivity contribution < 1.29 is 4.74 Å². The van der Waals surface area contributed by atoms with Gasteiger partial charge >= 0.3 is 0 Å². The molecule has 1 fully saturated rings. The van der Waals surface area contributed by atoms with Crippen LogP contribution in [0.4, 0.5) is 0 Å². The van der Waals surface area contributed by atoms with Gasteiger partial charge in [0.05, 0.1) is 19.2 Å². The summed E-state index contributed by atoms with van der Waals surface area (Å²) in [6.07, 6.45) is 6.41. The highest BCUT2D eigenvalue weighted by molar-refractivity contribution is 14.0. The van der Waals surface area contributed by atoms with Crippen molar-refractivity contribution >= 4 is 29.9 Å². The molecule has 0 saturated carbocycles. The first-order valence-electron chi connectivity index (χ1n) is 11.2. The van der Waals surface area contributed by atoms with E-state index in [0.717, 1.165) is 38.6 Å². The van der Waals surface area contributed by atoms with Gasteiger partial charge in [-0.1, -0.05) is 45.0 Å². The van der Waals surface area contributed by atoms with E-state index in [1.54, 1.807) is 0 Å². The van der Waals surface area contributed by atoms with Crippen LogP contribution in [0.5, 0.6) is 0 Å². The number of ether oxygens (including phenoxy) is 1. The molecule has 3 rings (SSSR count). The summed E-state index contributed by atoms with van der Waals surface area (Å²) >= 11 is 0. The van der Waals surface area contributed by atoms with Gasteiger partial charge in [-0.3, -0.25) is 4.68 Å². The molecule has 6 nitrogen and oxygen atoms in total. The van der Waals surface area contributed by atoms with Crippen LogP contribution in [0, 0.1) is 11.3 Å². The van der Waals surface area contributed by atoms with E-state index in [4.69, 9.17) is 9.73 Å². The Kier molecular flexibility index (Phi) is 10.3. The third-order valence-electron chi connectivity index (χ3n) is 5.59. The zero-order valence-corrected chi connectivity index (χ0v) is 21.6. The predicted octanol–water partition coefficient (Wildman–Crippen LogP) is 4.45. The largest absolute Gasteiger partial charge is 0.377 e. The molecular weight excluding hydrogens is 501 g/mol. The molecule has 1 aromatic heterocycles. The number of halogens is 1. The number of aliphatic imine (C=N–C) groups is 1. The quantitative estimate of drug-likeness (QED) is 0.310. The maximum atomic E-state index is 6.13. The lowest BCUT2D eigenvalue weighted by molar-refractivity contribution is -0.0835. The first kappa shape index (κ1) is 25.6. The van der Waals surface area contributed by atoms with E-state index in [0.29, 0.717) is 12.5 Å². The van der Waals surface area contributed by atoms with Gasteiger partial charge in [-0.25, -0.2) is 4.99 Å². The highest BCUT2D eigenvalue weighted by atomic mass is 127. The Morgan fingerprint density at radius 2 is 1.97 bits per heavy atom. The van der Waals surface area contributed by atoms with Crippen LogP contribution >= 0.6 is 24.0 Å². The van der Waals surface area contributed by atoms with E-state index >= 15 is 0 Å². The second kappa shape index (κ2) is 12.4. The van der Waals surface area contributed by atoms with Crippen LogP contribution in [0.2, 0.25) is 0 Å². The van der Waals surface area contributed by atoms with Gasteiger partial charge in [-0.2, -0.15) is 5.10 Å². The second-order valence-electron chi connectivity index (χ2n) is 9.11. The number of hydrogen-bond donors (Lipinski definition) is 2. The van der Waals surface area contributed by atoms with E-state index in [-0.39, 0.29) is 35.5 Å². The number of nitrogens with one attached hydrogen (secondary N) is 2. The Bertz CT molecular complexity index is 801.